The second-order valence-electron chi connectivity index (χ2n) is 9.60. The highest BCUT2D eigenvalue weighted by molar-refractivity contribution is 7.93. The molecule has 0 aromatic heterocycles. The fraction of sp³-hybridized carbons (Fsp3) is 0.345. The standard InChI is InChI=1S/C29H35N3O7S2/c1-4-39-28-11-7-6-10-26(28)32(41(36,37)23-14-12-22(2)13-15-23)21-29(33)30-25-20-24(16-17-27(25)38-3)40(34,35)31-18-8-5-9-19-31/h6-7,10-17,20H,4-5,8-9,18-19,21H2,1-3H3,(H,30,33). The fourth-order valence-electron chi connectivity index (χ4n) is 4.60. The number of carbonyl (C=O) groups is 1. The molecule has 0 spiro atoms. The second-order valence-corrected chi connectivity index (χ2v) is 13.4. The van der Waals surface area contributed by atoms with Crippen molar-refractivity contribution in [3.8, 4) is 11.5 Å². The van der Waals surface area contributed by atoms with Gasteiger partial charge < -0.3 is 14.8 Å². The van der Waals surface area contributed by atoms with Gasteiger partial charge >= 0.3 is 0 Å². The number of carbonyl (C=O) groups excluding carboxylic acids is 1. The quantitative estimate of drug-likeness (QED) is 0.345. The number of para-hydroxylation sites is 2. The van der Waals surface area contributed by atoms with Gasteiger partial charge in [0.05, 0.1) is 34.9 Å². The zero-order valence-electron chi connectivity index (χ0n) is 23.4. The Morgan fingerprint density at radius 1 is 0.902 bits per heavy atom. The predicted octanol–water partition coefficient (Wildman–Crippen LogP) is 4.41. The number of ether oxygens (including phenoxy) is 2. The van der Waals surface area contributed by atoms with E-state index in [2.05, 4.69) is 5.32 Å². The summed E-state index contributed by atoms with van der Waals surface area (Å²) >= 11 is 0. The number of aryl methyl sites for hydroxylation is 1. The third-order valence-corrected chi connectivity index (χ3v) is 10.4. The number of hydrogen-bond donors (Lipinski definition) is 1. The van der Waals surface area contributed by atoms with Crippen molar-refractivity contribution in [3.05, 3.63) is 72.3 Å². The van der Waals surface area contributed by atoms with Gasteiger partial charge in [0, 0.05) is 13.1 Å². The average molecular weight is 602 g/mol. The van der Waals surface area contributed by atoms with E-state index in [1.165, 1.54) is 41.7 Å². The molecule has 1 amide bonds. The first-order valence-electron chi connectivity index (χ1n) is 13.4. The van der Waals surface area contributed by atoms with Gasteiger partial charge in [-0.2, -0.15) is 4.31 Å². The summed E-state index contributed by atoms with van der Waals surface area (Å²) in [5.41, 5.74) is 1.19. The van der Waals surface area contributed by atoms with Crippen LogP contribution in [0.2, 0.25) is 0 Å². The van der Waals surface area contributed by atoms with Gasteiger partial charge in [-0.3, -0.25) is 9.10 Å². The first kappa shape index (κ1) is 30.4. The molecule has 3 aromatic rings. The van der Waals surface area contributed by atoms with Gasteiger partial charge in [-0.1, -0.05) is 36.2 Å². The number of rotatable bonds is 11. The summed E-state index contributed by atoms with van der Waals surface area (Å²) in [6.07, 6.45) is 2.55. The summed E-state index contributed by atoms with van der Waals surface area (Å²) in [6, 6.07) is 17.1. The van der Waals surface area contributed by atoms with Gasteiger partial charge in [-0.15, -0.1) is 0 Å². The van der Waals surface area contributed by atoms with E-state index in [9.17, 15) is 21.6 Å². The molecule has 3 aromatic carbocycles. The molecule has 4 rings (SSSR count). The Balaban J connectivity index is 1.69. The Kier molecular flexibility index (Phi) is 9.57. The minimum absolute atomic E-state index is 0.00871. The first-order chi connectivity index (χ1) is 19.6. The summed E-state index contributed by atoms with van der Waals surface area (Å²) in [6.45, 7) is 4.17. The second kappa shape index (κ2) is 12.9. The van der Waals surface area contributed by atoms with Crippen LogP contribution in [0, 0.1) is 6.92 Å². The van der Waals surface area contributed by atoms with Crippen molar-refractivity contribution in [2.45, 2.75) is 42.9 Å². The summed E-state index contributed by atoms with van der Waals surface area (Å²) in [5.74, 6) is -0.165. The minimum atomic E-state index is -4.20. The molecule has 1 aliphatic heterocycles. The van der Waals surface area contributed by atoms with Gasteiger partial charge in [-0.25, -0.2) is 16.8 Å². The van der Waals surface area contributed by atoms with Crippen LogP contribution in [0.1, 0.15) is 31.7 Å². The maximum absolute atomic E-state index is 13.9. The summed E-state index contributed by atoms with van der Waals surface area (Å²) in [4.78, 5) is 13.5. The normalized spacial score (nSPS) is 14.3. The fourth-order valence-corrected chi connectivity index (χ4v) is 7.57. The number of methoxy groups -OCH3 is 1. The topological polar surface area (TPSA) is 122 Å². The Labute approximate surface area is 242 Å². The zero-order chi connectivity index (χ0) is 29.6. The molecule has 1 fully saturated rings. The SMILES string of the molecule is CCOc1ccccc1N(CC(=O)Nc1cc(S(=O)(=O)N2CCCCC2)ccc1OC)S(=O)(=O)c1ccc(C)cc1. The molecular formula is C29H35N3O7S2. The van der Waals surface area contributed by atoms with Crippen LogP contribution in [0.3, 0.4) is 0 Å². The Morgan fingerprint density at radius 3 is 2.22 bits per heavy atom. The monoisotopic (exact) mass is 601 g/mol. The molecule has 0 unspecified atom stereocenters. The molecule has 10 nitrogen and oxygen atoms in total. The van der Waals surface area contributed by atoms with E-state index in [0.29, 0.717) is 18.8 Å². The molecule has 1 aliphatic rings. The van der Waals surface area contributed by atoms with Gasteiger partial charge in [0.2, 0.25) is 15.9 Å². The van der Waals surface area contributed by atoms with Crippen LogP contribution >= 0.6 is 0 Å². The third kappa shape index (κ3) is 6.83. The van der Waals surface area contributed by atoms with E-state index in [0.717, 1.165) is 29.1 Å². The van der Waals surface area contributed by atoms with Crippen LogP contribution in [-0.2, 0) is 24.8 Å². The van der Waals surface area contributed by atoms with Crippen LogP contribution in [0.25, 0.3) is 0 Å². The molecule has 0 saturated carbocycles. The van der Waals surface area contributed by atoms with E-state index in [-0.39, 0.29) is 33.5 Å². The van der Waals surface area contributed by atoms with E-state index in [1.54, 1.807) is 43.3 Å². The number of benzene rings is 3. The lowest BCUT2D eigenvalue weighted by molar-refractivity contribution is -0.114. The number of hydrogen-bond acceptors (Lipinski definition) is 7. The van der Waals surface area contributed by atoms with E-state index < -0.39 is 32.5 Å². The molecule has 1 N–H and O–H groups in total. The number of anilines is 2. The van der Waals surface area contributed by atoms with Gasteiger partial charge in [-0.05, 0) is 69.2 Å². The minimum Gasteiger partial charge on any atom is -0.495 e. The molecule has 0 atom stereocenters. The van der Waals surface area contributed by atoms with Crippen molar-refractivity contribution in [1.29, 1.82) is 0 Å². The predicted molar refractivity (Wildman–Crippen MR) is 158 cm³/mol. The van der Waals surface area contributed by atoms with Crippen LogP contribution in [0.15, 0.2) is 76.5 Å². The Hall–Kier alpha value is -3.61. The molecule has 220 valence electrons. The number of nitrogens with one attached hydrogen (secondary N) is 1. The van der Waals surface area contributed by atoms with Crippen molar-refractivity contribution in [3.63, 3.8) is 0 Å². The largest absolute Gasteiger partial charge is 0.495 e. The zero-order valence-corrected chi connectivity index (χ0v) is 25.0. The molecular weight excluding hydrogens is 566 g/mol. The maximum Gasteiger partial charge on any atom is 0.264 e. The molecule has 1 saturated heterocycles. The highest BCUT2D eigenvalue weighted by Gasteiger charge is 2.31. The van der Waals surface area contributed by atoms with E-state index >= 15 is 0 Å². The van der Waals surface area contributed by atoms with Gasteiger partial charge in [0.25, 0.3) is 10.0 Å². The van der Waals surface area contributed by atoms with Crippen LogP contribution in [0.5, 0.6) is 11.5 Å². The smallest absolute Gasteiger partial charge is 0.264 e. The number of piperidine rings is 1. The summed E-state index contributed by atoms with van der Waals surface area (Å²) in [7, 11) is -6.59. The third-order valence-electron chi connectivity index (χ3n) is 6.73. The lowest BCUT2D eigenvalue weighted by atomic mass is 10.2. The van der Waals surface area contributed by atoms with Gasteiger partial charge in [0.1, 0.15) is 18.0 Å². The first-order valence-corrected chi connectivity index (χ1v) is 16.2. The van der Waals surface area contributed by atoms with Gasteiger partial charge in [0.15, 0.2) is 0 Å². The molecule has 12 heteroatoms. The number of amides is 1. The molecule has 0 aliphatic carbocycles. The number of sulfonamides is 2. The maximum atomic E-state index is 13.9. The molecule has 0 bridgehead atoms. The van der Waals surface area contributed by atoms with E-state index in [1.807, 2.05) is 6.92 Å². The van der Waals surface area contributed by atoms with Crippen LogP contribution < -0.4 is 19.1 Å². The van der Waals surface area contributed by atoms with Crippen LogP contribution in [0.4, 0.5) is 11.4 Å². The number of nitrogens with zero attached hydrogens (tertiary/aromatic N) is 2. The average Bonchev–Trinajstić information content (AvgIpc) is 2.97. The summed E-state index contributed by atoms with van der Waals surface area (Å²) in [5, 5.41) is 2.67. The van der Waals surface area contributed by atoms with Crippen molar-refractivity contribution >= 4 is 37.3 Å². The lowest BCUT2D eigenvalue weighted by Crippen LogP contribution is -2.38. The lowest BCUT2D eigenvalue weighted by Gasteiger charge is -2.27. The Bertz CT molecular complexity index is 1580. The molecule has 1 heterocycles. The summed E-state index contributed by atoms with van der Waals surface area (Å²) < 4.78 is 67.7. The van der Waals surface area contributed by atoms with Crippen LogP contribution in [-0.4, -0.2) is 60.4 Å². The van der Waals surface area contributed by atoms with Crippen molar-refractivity contribution in [2.75, 3.05) is 43.0 Å². The highest BCUT2D eigenvalue weighted by Crippen LogP contribution is 2.34. The van der Waals surface area contributed by atoms with Crippen molar-refractivity contribution in [2.24, 2.45) is 0 Å². The van der Waals surface area contributed by atoms with E-state index in [4.69, 9.17) is 9.47 Å². The molecule has 41 heavy (non-hydrogen) atoms. The molecule has 0 radical (unpaired) electrons. The Morgan fingerprint density at radius 2 is 1.56 bits per heavy atom. The van der Waals surface area contributed by atoms with Crippen molar-refractivity contribution < 1.29 is 31.1 Å². The highest BCUT2D eigenvalue weighted by atomic mass is 32.2. The van der Waals surface area contributed by atoms with Crippen molar-refractivity contribution in [1.82, 2.24) is 4.31 Å².